The van der Waals surface area contributed by atoms with Crippen molar-refractivity contribution in [2.24, 2.45) is 5.92 Å². The summed E-state index contributed by atoms with van der Waals surface area (Å²) in [6, 6.07) is 12.5. The van der Waals surface area contributed by atoms with Gasteiger partial charge in [0, 0.05) is 37.2 Å². The molecule has 154 valence electrons. The lowest BCUT2D eigenvalue weighted by Gasteiger charge is -2.17. The van der Waals surface area contributed by atoms with Crippen LogP contribution in [0.15, 0.2) is 42.7 Å². The van der Waals surface area contributed by atoms with Gasteiger partial charge < -0.3 is 19.7 Å². The second-order valence-corrected chi connectivity index (χ2v) is 8.29. The summed E-state index contributed by atoms with van der Waals surface area (Å²) in [5.41, 5.74) is 3.41. The van der Waals surface area contributed by atoms with Gasteiger partial charge in [0.1, 0.15) is 23.8 Å². The maximum absolute atomic E-state index is 10.0. The number of hydrogen-bond acceptors (Lipinski definition) is 6. The molecule has 0 saturated heterocycles. The summed E-state index contributed by atoms with van der Waals surface area (Å²) in [6.07, 6.45) is 2.52. The maximum atomic E-state index is 10.0. The van der Waals surface area contributed by atoms with Crippen LogP contribution in [-0.4, -0.2) is 51.3 Å². The zero-order chi connectivity index (χ0) is 20.8. The van der Waals surface area contributed by atoms with Gasteiger partial charge in [-0.25, -0.2) is 9.97 Å². The molecule has 1 fully saturated rings. The first-order valence-corrected chi connectivity index (χ1v) is 10.3. The third-order valence-electron chi connectivity index (χ3n) is 5.97. The number of nitrogens with one attached hydrogen (secondary N) is 1. The van der Waals surface area contributed by atoms with Crippen molar-refractivity contribution in [1.82, 2.24) is 19.9 Å². The lowest BCUT2D eigenvalue weighted by atomic mass is 10.0. The predicted molar refractivity (Wildman–Crippen MR) is 118 cm³/mol. The number of benzene rings is 2. The number of anilines is 1. The molecule has 2 aromatic heterocycles. The summed E-state index contributed by atoms with van der Waals surface area (Å²) >= 11 is 0. The highest BCUT2D eigenvalue weighted by molar-refractivity contribution is 6.03. The van der Waals surface area contributed by atoms with Crippen molar-refractivity contribution in [1.29, 1.82) is 0 Å². The summed E-state index contributed by atoms with van der Waals surface area (Å²) in [7, 11) is 4.09. The summed E-state index contributed by atoms with van der Waals surface area (Å²) in [5.74, 6) is 1.45. The molecule has 0 bridgehead atoms. The van der Waals surface area contributed by atoms with Crippen LogP contribution in [0.3, 0.4) is 0 Å². The molecule has 1 aliphatic carbocycles. The zero-order valence-corrected chi connectivity index (χ0v) is 17.3. The van der Waals surface area contributed by atoms with Crippen molar-refractivity contribution in [3.8, 4) is 17.3 Å². The summed E-state index contributed by atoms with van der Waals surface area (Å²) in [5, 5.41) is 12.3. The van der Waals surface area contributed by atoms with E-state index in [4.69, 9.17) is 9.72 Å². The third kappa shape index (κ3) is 3.15. The Balaban J connectivity index is 1.58. The number of fused-ring (bicyclic) bond motifs is 2. The standard InChI is InChI=1S/C23H25N5O2/c1-13-10-14(11-19(13)29)30-23-20-22(24-12-25-23)27-21(26-20)17-8-9-18(28(2)3)16-7-5-4-6-15(16)17/h4-9,12-14,19,29H,10-11H2,1-3H3,(H,24,25,26,27)/t13-,14+,19-/m0/s1. The Hall–Kier alpha value is -3.19. The minimum Gasteiger partial charge on any atom is -0.473 e. The van der Waals surface area contributed by atoms with Crippen LogP contribution in [0, 0.1) is 5.92 Å². The molecule has 0 radical (unpaired) electrons. The molecule has 1 saturated carbocycles. The molecule has 2 heterocycles. The number of nitrogens with zero attached hydrogens (tertiary/aromatic N) is 4. The summed E-state index contributed by atoms with van der Waals surface area (Å²) < 4.78 is 6.13. The highest BCUT2D eigenvalue weighted by Crippen LogP contribution is 2.35. The zero-order valence-electron chi connectivity index (χ0n) is 17.3. The van der Waals surface area contributed by atoms with E-state index in [1.165, 1.54) is 6.33 Å². The van der Waals surface area contributed by atoms with Crippen molar-refractivity contribution in [3.05, 3.63) is 42.7 Å². The smallest absolute Gasteiger partial charge is 0.243 e. The molecule has 0 amide bonds. The second kappa shape index (κ2) is 7.25. The number of aromatic amines is 1. The Bertz CT molecular complexity index is 1210. The molecule has 4 aromatic rings. The molecule has 5 rings (SSSR count). The first-order chi connectivity index (χ1) is 14.5. The van der Waals surface area contributed by atoms with Crippen LogP contribution in [0.5, 0.6) is 5.88 Å². The van der Waals surface area contributed by atoms with Gasteiger partial charge in [-0.3, -0.25) is 0 Å². The van der Waals surface area contributed by atoms with Gasteiger partial charge in [-0.1, -0.05) is 31.2 Å². The number of H-pyrrole nitrogens is 1. The van der Waals surface area contributed by atoms with Crippen LogP contribution < -0.4 is 9.64 Å². The van der Waals surface area contributed by atoms with E-state index >= 15 is 0 Å². The first kappa shape index (κ1) is 18.8. The molecule has 7 heteroatoms. The largest absolute Gasteiger partial charge is 0.473 e. The molecule has 2 aromatic carbocycles. The number of ether oxygens (including phenoxy) is 1. The van der Waals surface area contributed by atoms with Gasteiger partial charge in [0.2, 0.25) is 5.88 Å². The quantitative estimate of drug-likeness (QED) is 0.539. The molecule has 3 atom stereocenters. The van der Waals surface area contributed by atoms with Crippen LogP contribution >= 0.6 is 0 Å². The van der Waals surface area contributed by atoms with Gasteiger partial charge in [0.05, 0.1) is 6.10 Å². The summed E-state index contributed by atoms with van der Waals surface area (Å²) in [4.78, 5) is 18.9. The minimum atomic E-state index is -0.328. The van der Waals surface area contributed by atoms with Crippen LogP contribution in [0.4, 0.5) is 5.69 Å². The molecule has 0 unspecified atom stereocenters. The second-order valence-electron chi connectivity index (χ2n) is 8.29. The topological polar surface area (TPSA) is 87.2 Å². The fourth-order valence-electron chi connectivity index (χ4n) is 4.33. The number of rotatable bonds is 4. The van der Waals surface area contributed by atoms with Gasteiger partial charge >= 0.3 is 0 Å². The van der Waals surface area contributed by atoms with Gasteiger partial charge in [0.25, 0.3) is 0 Å². The highest BCUT2D eigenvalue weighted by Gasteiger charge is 2.32. The van der Waals surface area contributed by atoms with Crippen LogP contribution in [0.1, 0.15) is 19.8 Å². The molecule has 0 aliphatic heterocycles. The normalized spacial score (nSPS) is 21.4. The number of aromatic nitrogens is 4. The van der Waals surface area contributed by atoms with E-state index in [1.54, 1.807) is 0 Å². The van der Waals surface area contributed by atoms with Gasteiger partial charge in [-0.05, 0) is 29.9 Å². The Labute approximate surface area is 174 Å². The SMILES string of the molecule is C[C@H]1C[C@@H](Oc2ncnc3nc(-c4ccc(N(C)C)c5ccccc45)[nH]c23)C[C@@H]1O. The van der Waals surface area contributed by atoms with Crippen LogP contribution in [-0.2, 0) is 0 Å². The van der Waals surface area contributed by atoms with Crippen molar-refractivity contribution in [2.45, 2.75) is 32.0 Å². The Morgan fingerprint density at radius 1 is 1.07 bits per heavy atom. The Morgan fingerprint density at radius 2 is 1.87 bits per heavy atom. The minimum absolute atomic E-state index is 0.0555. The highest BCUT2D eigenvalue weighted by atomic mass is 16.5. The number of hydrogen-bond donors (Lipinski definition) is 2. The average molecular weight is 403 g/mol. The van der Waals surface area contributed by atoms with Gasteiger partial charge in [-0.15, -0.1) is 0 Å². The average Bonchev–Trinajstić information content (AvgIpc) is 3.30. The maximum Gasteiger partial charge on any atom is 0.243 e. The monoisotopic (exact) mass is 403 g/mol. The molecule has 1 aliphatic rings. The number of aliphatic hydroxyl groups excluding tert-OH is 1. The van der Waals surface area contributed by atoms with E-state index in [0.717, 1.165) is 34.3 Å². The van der Waals surface area contributed by atoms with E-state index in [9.17, 15) is 5.11 Å². The predicted octanol–water partition coefficient (Wildman–Crippen LogP) is 3.78. The molecule has 0 spiro atoms. The molecular formula is C23H25N5O2. The fraction of sp³-hybridized carbons (Fsp3) is 0.348. The third-order valence-corrected chi connectivity index (χ3v) is 5.97. The molecule has 7 nitrogen and oxygen atoms in total. The number of aliphatic hydroxyl groups is 1. The van der Waals surface area contributed by atoms with Crippen molar-refractivity contribution < 1.29 is 9.84 Å². The van der Waals surface area contributed by atoms with Gasteiger partial charge in [-0.2, -0.15) is 4.98 Å². The van der Waals surface area contributed by atoms with E-state index in [1.807, 2.05) is 33.2 Å². The Kier molecular flexibility index (Phi) is 4.55. The van der Waals surface area contributed by atoms with Crippen molar-refractivity contribution >= 4 is 27.6 Å². The lowest BCUT2D eigenvalue weighted by molar-refractivity contribution is 0.129. The van der Waals surface area contributed by atoms with Crippen molar-refractivity contribution in [2.75, 3.05) is 19.0 Å². The van der Waals surface area contributed by atoms with E-state index in [-0.39, 0.29) is 18.1 Å². The molecule has 30 heavy (non-hydrogen) atoms. The van der Waals surface area contributed by atoms with Gasteiger partial charge in [0.15, 0.2) is 5.65 Å². The fourth-order valence-corrected chi connectivity index (χ4v) is 4.33. The molecule has 2 N–H and O–H groups in total. The van der Waals surface area contributed by atoms with Crippen molar-refractivity contribution in [3.63, 3.8) is 0 Å². The Morgan fingerprint density at radius 3 is 2.60 bits per heavy atom. The lowest BCUT2D eigenvalue weighted by Crippen LogP contribution is -2.14. The first-order valence-electron chi connectivity index (χ1n) is 10.3. The van der Waals surface area contributed by atoms with E-state index in [2.05, 4.69) is 44.1 Å². The van der Waals surface area contributed by atoms with Crippen LogP contribution in [0.25, 0.3) is 33.3 Å². The van der Waals surface area contributed by atoms with E-state index in [0.29, 0.717) is 23.5 Å². The van der Waals surface area contributed by atoms with Crippen LogP contribution in [0.2, 0.25) is 0 Å². The molecular weight excluding hydrogens is 378 g/mol. The number of imidazole rings is 1. The van der Waals surface area contributed by atoms with E-state index < -0.39 is 0 Å². The summed E-state index contributed by atoms with van der Waals surface area (Å²) in [6.45, 7) is 2.04.